The smallest absolute Gasteiger partial charge is 0.325 e. The summed E-state index contributed by atoms with van der Waals surface area (Å²) >= 11 is 1.34. The second-order valence-corrected chi connectivity index (χ2v) is 8.09. The molecule has 0 bridgehead atoms. The van der Waals surface area contributed by atoms with Crippen LogP contribution in [0.2, 0.25) is 0 Å². The van der Waals surface area contributed by atoms with Gasteiger partial charge in [0.05, 0.1) is 0 Å². The molecule has 4 rings (SSSR count). The minimum absolute atomic E-state index is 0.126. The molecule has 0 atom stereocenters. The molecule has 2 aliphatic rings. The van der Waals surface area contributed by atoms with Crippen LogP contribution in [0.4, 0.5) is 4.79 Å². The maximum absolute atomic E-state index is 12.6. The van der Waals surface area contributed by atoms with E-state index in [2.05, 4.69) is 15.6 Å². The van der Waals surface area contributed by atoms with E-state index in [1.165, 1.54) is 16.2 Å². The van der Waals surface area contributed by atoms with Gasteiger partial charge in [0, 0.05) is 18.5 Å². The Labute approximate surface area is 166 Å². The summed E-state index contributed by atoms with van der Waals surface area (Å²) in [6, 6.07) is 3.35. The van der Waals surface area contributed by atoms with Crippen LogP contribution in [0, 0.1) is 6.92 Å². The zero-order valence-corrected chi connectivity index (χ0v) is 16.4. The number of hydrogen-bond acceptors (Lipinski definition) is 6. The molecule has 28 heavy (non-hydrogen) atoms. The quantitative estimate of drug-likeness (QED) is 0.571. The number of imide groups is 1. The number of nitrogens with zero attached hydrogens (tertiary/aromatic N) is 2. The maximum Gasteiger partial charge on any atom is 0.325 e. The van der Waals surface area contributed by atoms with Crippen molar-refractivity contribution < 1.29 is 18.8 Å². The van der Waals surface area contributed by atoms with E-state index in [9.17, 15) is 14.4 Å². The van der Waals surface area contributed by atoms with Crippen molar-refractivity contribution in [3.8, 4) is 10.8 Å². The van der Waals surface area contributed by atoms with Crippen molar-refractivity contribution in [1.29, 1.82) is 0 Å². The van der Waals surface area contributed by atoms with Crippen LogP contribution >= 0.6 is 11.3 Å². The SMILES string of the molecule is Cc1ccc(-c2nc(C(=O)NCCCN3C(=O)NC4(CCCC4)C3=O)cs2)o1. The monoisotopic (exact) mass is 402 g/mol. The molecule has 148 valence electrons. The van der Waals surface area contributed by atoms with Gasteiger partial charge in [-0.1, -0.05) is 12.8 Å². The van der Waals surface area contributed by atoms with Crippen LogP contribution in [0.15, 0.2) is 21.9 Å². The van der Waals surface area contributed by atoms with Crippen LogP contribution in [-0.4, -0.2) is 46.4 Å². The van der Waals surface area contributed by atoms with Crippen LogP contribution < -0.4 is 10.6 Å². The molecule has 1 aliphatic heterocycles. The number of aryl methyl sites for hydroxylation is 1. The van der Waals surface area contributed by atoms with Gasteiger partial charge in [-0.2, -0.15) is 0 Å². The first-order valence-electron chi connectivity index (χ1n) is 9.43. The standard InChI is InChI=1S/C19H22N4O4S/c1-12-5-6-14(27-12)16-21-13(11-28-16)15(24)20-9-4-10-23-17(25)19(22-18(23)26)7-2-3-8-19/h5-6,11H,2-4,7-10H2,1H3,(H,20,24)(H,22,26). The average molecular weight is 402 g/mol. The molecular weight excluding hydrogens is 380 g/mol. The molecule has 1 saturated carbocycles. The number of carbonyl (C=O) groups is 3. The first kappa shape index (κ1) is 18.7. The summed E-state index contributed by atoms with van der Waals surface area (Å²) in [5.74, 6) is 1.02. The van der Waals surface area contributed by atoms with Gasteiger partial charge in [-0.25, -0.2) is 9.78 Å². The van der Waals surface area contributed by atoms with Crippen molar-refractivity contribution >= 4 is 29.2 Å². The van der Waals surface area contributed by atoms with E-state index in [-0.39, 0.29) is 17.8 Å². The summed E-state index contributed by atoms with van der Waals surface area (Å²) in [5, 5.41) is 7.98. The van der Waals surface area contributed by atoms with Crippen molar-refractivity contribution in [1.82, 2.24) is 20.5 Å². The first-order valence-corrected chi connectivity index (χ1v) is 10.3. The Morgan fingerprint density at radius 3 is 2.86 bits per heavy atom. The molecule has 4 amide bonds. The molecule has 1 saturated heterocycles. The third kappa shape index (κ3) is 3.42. The summed E-state index contributed by atoms with van der Waals surface area (Å²) in [4.78, 5) is 42.5. The van der Waals surface area contributed by atoms with Crippen LogP contribution in [0.3, 0.4) is 0 Å². The van der Waals surface area contributed by atoms with Gasteiger partial charge in [0.15, 0.2) is 10.8 Å². The fourth-order valence-electron chi connectivity index (χ4n) is 3.77. The molecule has 0 aromatic carbocycles. The largest absolute Gasteiger partial charge is 0.459 e. The molecule has 1 aliphatic carbocycles. The van der Waals surface area contributed by atoms with Crippen molar-refractivity contribution in [3.63, 3.8) is 0 Å². The highest BCUT2D eigenvalue weighted by atomic mass is 32.1. The summed E-state index contributed by atoms with van der Waals surface area (Å²) < 4.78 is 5.52. The van der Waals surface area contributed by atoms with Crippen LogP contribution in [0.1, 0.15) is 48.4 Å². The molecule has 3 heterocycles. The fraction of sp³-hybridized carbons (Fsp3) is 0.474. The highest BCUT2D eigenvalue weighted by Gasteiger charge is 2.51. The Balaban J connectivity index is 1.26. The topological polar surface area (TPSA) is 105 Å². The van der Waals surface area contributed by atoms with E-state index in [0.29, 0.717) is 48.8 Å². The molecule has 1 spiro atoms. The molecule has 9 heteroatoms. The highest BCUT2D eigenvalue weighted by Crippen LogP contribution is 2.35. The van der Waals surface area contributed by atoms with E-state index >= 15 is 0 Å². The summed E-state index contributed by atoms with van der Waals surface area (Å²) in [6.07, 6.45) is 3.85. The lowest BCUT2D eigenvalue weighted by molar-refractivity contribution is -0.131. The summed E-state index contributed by atoms with van der Waals surface area (Å²) in [5.41, 5.74) is -0.351. The Kier molecular flexibility index (Phi) is 4.92. The summed E-state index contributed by atoms with van der Waals surface area (Å²) in [7, 11) is 0. The predicted octanol–water partition coefficient (Wildman–Crippen LogP) is 2.70. The first-order chi connectivity index (χ1) is 13.5. The predicted molar refractivity (Wildman–Crippen MR) is 103 cm³/mol. The number of aromatic nitrogens is 1. The molecule has 8 nitrogen and oxygen atoms in total. The van der Waals surface area contributed by atoms with Crippen LogP contribution in [0.5, 0.6) is 0 Å². The number of furan rings is 1. The van der Waals surface area contributed by atoms with Gasteiger partial charge in [0.2, 0.25) is 0 Å². The summed E-state index contributed by atoms with van der Waals surface area (Å²) in [6.45, 7) is 2.50. The van der Waals surface area contributed by atoms with Gasteiger partial charge in [-0.15, -0.1) is 11.3 Å². The number of urea groups is 1. The van der Waals surface area contributed by atoms with Gasteiger partial charge in [0.1, 0.15) is 17.0 Å². The van der Waals surface area contributed by atoms with E-state index in [0.717, 1.165) is 18.6 Å². The average Bonchev–Trinajstić information content (AvgIpc) is 3.43. The molecule has 2 fully saturated rings. The van der Waals surface area contributed by atoms with Gasteiger partial charge in [-0.3, -0.25) is 14.5 Å². The normalized spacial score (nSPS) is 18.1. The molecule has 2 aromatic heterocycles. The molecule has 0 radical (unpaired) electrons. The number of hydrogen-bond donors (Lipinski definition) is 2. The molecule has 0 unspecified atom stereocenters. The lowest BCUT2D eigenvalue weighted by atomic mass is 9.98. The van der Waals surface area contributed by atoms with Gasteiger partial charge in [-0.05, 0) is 38.3 Å². The van der Waals surface area contributed by atoms with E-state index in [1.54, 1.807) is 5.38 Å². The van der Waals surface area contributed by atoms with Crippen molar-refractivity contribution in [2.75, 3.05) is 13.1 Å². The van der Waals surface area contributed by atoms with Gasteiger partial charge < -0.3 is 15.1 Å². The number of thiazole rings is 1. The number of amides is 4. The Hall–Kier alpha value is -2.68. The minimum Gasteiger partial charge on any atom is -0.459 e. The number of nitrogens with one attached hydrogen (secondary N) is 2. The number of rotatable bonds is 6. The van der Waals surface area contributed by atoms with Crippen LogP contribution in [0.25, 0.3) is 10.8 Å². The highest BCUT2D eigenvalue weighted by molar-refractivity contribution is 7.13. The lowest BCUT2D eigenvalue weighted by Gasteiger charge is -2.20. The van der Waals surface area contributed by atoms with Gasteiger partial charge >= 0.3 is 6.03 Å². The van der Waals surface area contributed by atoms with Crippen molar-refractivity contribution in [2.24, 2.45) is 0 Å². The fourth-order valence-corrected chi connectivity index (χ4v) is 4.53. The zero-order chi connectivity index (χ0) is 19.7. The third-order valence-electron chi connectivity index (χ3n) is 5.24. The van der Waals surface area contributed by atoms with E-state index in [4.69, 9.17) is 4.42 Å². The molecule has 2 aromatic rings. The molecule has 2 N–H and O–H groups in total. The zero-order valence-electron chi connectivity index (χ0n) is 15.6. The second-order valence-electron chi connectivity index (χ2n) is 7.23. The lowest BCUT2D eigenvalue weighted by Crippen LogP contribution is -2.44. The van der Waals surface area contributed by atoms with E-state index in [1.807, 2.05) is 19.1 Å². The Morgan fingerprint density at radius 2 is 2.14 bits per heavy atom. The van der Waals surface area contributed by atoms with Crippen LogP contribution in [-0.2, 0) is 4.79 Å². The third-order valence-corrected chi connectivity index (χ3v) is 6.09. The van der Waals surface area contributed by atoms with Gasteiger partial charge in [0.25, 0.3) is 11.8 Å². The number of carbonyl (C=O) groups excluding carboxylic acids is 3. The van der Waals surface area contributed by atoms with E-state index < -0.39 is 5.54 Å². The Bertz CT molecular complexity index is 913. The molecular formula is C19H22N4O4S. The Morgan fingerprint density at radius 1 is 1.36 bits per heavy atom. The van der Waals surface area contributed by atoms with Crippen molar-refractivity contribution in [2.45, 2.75) is 44.6 Å². The minimum atomic E-state index is -0.679. The second kappa shape index (κ2) is 7.38. The van der Waals surface area contributed by atoms with Crippen molar-refractivity contribution in [3.05, 3.63) is 29.0 Å². The maximum atomic E-state index is 12.6.